The van der Waals surface area contributed by atoms with Crippen LogP contribution in [0.25, 0.3) is 0 Å². The van der Waals surface area contributed by atoms with E-state index < -0.39 is 21.5 Å². The first-order valence-electron chi connectivity index (χ1n) is 4.41. The van der Waals surface area contributed by atoms with Crippen LogP contribution in [0.4, 0.5) is 11.4 Å². The van der Waals surface area contributed by atoms with E-state index in [1.54, 1.807) is 12.1 Å². The third-order valence-corrected chi connectivity index (χ3v) is 3.61. The molecule has 1 amide bonds. The lowest BCUT2D eigenvalue weighted by Crippen LogP contribution is -2.22. The number of benzene rings is 1. The van der Waals surface area contributed by atoms with Crippen LogP contribution >= 0.6 is 31.9 Å². The number of nitrogens with two attached hydrogens (primary N) is 1. The molecule has 0 aromatic heterocycles. The predicted octanol–water partition coefficient (Wildman–Crippen LogP) is 1.78. The van der Waals surface area contributed by atoms with Crippen molar-refractivity contribution < 1.29 is 13.2 Å². The van der Waals surface area contributed by atoms with Crippen LogP contribution in [0.5, 0.6) is 0 Å². The molecule has 0 saturated carbocycles. The number of amides is 1. The maximum absolute atomic E-state index is 11.4. The summed E-state index contributed by atoms with van der Waals surface area (Å²) in [6.45, 7) is 0. The fraction of sp³-hybridized carbons (Fsp3) is 0.222. The van der Waals surface area contributed by atoms with Gasteiger partial charge in [0.25, 0.3) is 0 Å². The maximum Gasteiger partial charge on any atom is 0.239 e. The Morgan fingerprint density at radius 3 is 2.47 bits per heavy atom. The molecule has 0 bridgehead atoms. The Balaban J connectivity index is 2.93. The van der Waals surface area contributed by atoms with Crippen LogP contribution in [0, 0.1) is 0 Å². The lowest BCUT2D eigenvalue weighted by molar-refractivity contribution is -0.113. The summed E-state index contributed by atoms with van der Waals surface area (Å²) in [4.78, 5) is 11.4. The van der Waals surface area contributed by atoms with Gasteiger partial charge in [-0.1, -0.05) is 15.9 Å². The van der Waals surface area contributed by atoms with E-state index in [9.17, 15) is 13.2 Å². The molecular formula is C9H10Br2N2O3S. The summed E-state index contributed by atoms with van der Waals surface area (Å²) in [7, 11) is -3.35. The van der Waals surface area contributed by atoms with Gasteiger partial charge in [0.2, 0.25) is 5.91 Å². The van der Waals surface area contributed by atoms with Crippen LogP contribution in [-0.4, -0.2) is 26.3 Å². The van der Waals surface area contributed by atoms with E-state index in [1.165, 1.54) is 0 Å². The molecule has 3 N–H and O–H groups in total. The molecule has 0 fully saturated rings. The summed E-state index contributed by atoms with van der Waals surface area (Å²) in [6.07, 6.45) is 0.993. The highest BCUT2D eigenvalue weighted by molar-refractivity contribution is 9.11. The van der Waals surface area contributed by atoms with Crippen molar-refractivity contribution in [2.75, 3.05) is 23.1 Å². The molecule has 0 atom stereocenters. The molecule has 94 valence electrons. The largest absolute Gasteiger partial charge is 0.397 e. The minimum absolute atomic E-state index is 0.341. The minimum Gasteiger partial charge on any atom is -0.397 e. The smallest absolute Gasteiger partial charge is 0.239 e. The maximum atomic E-state index is 11.4. The van der Waals surface area contributed by atoms with Crippen LogP contribution in [-0.2, 0) is 14.6 Å². The Hall–Kier alpha value is -0.600. The fourth-order valence-electron chi connectivity index (χ4n) is 1.14. The minimum atomic E-state index is -3.35. The van der Waals surface area contributed by atoms with Crippen LogP contribution in [0.2, 0.25) is 0 Å². The normalized spacial score (nSPS) is 11.2. The van der Waals surface area contributed by atoms with E-state index in [4.69, 9.17) is 5.73 Å². The quantitative estimate of drug-likeness (QED) is 0.776. The van der Waals surface area contributed by atoms with E-state index in [0.29, 0.717) is 15.8 Å². The fourth-order valence-corrected chi connectivity index (χ4v) is 3.04. The van der Waals surface area contributed by atoms with Gasteiger partial charge in [0.05, 0.1) is 11.4 Å². The van der Waals surface area contributed by atoms with Crippen LogP contribution < -0.4 is 11.1 Å². The number of carbonyl (C=O) groups is 1. The predicted molar refractivity (Wildman–Crippen MR) is 74.6 cm³/mol. The zero-order valence-electron chi connectivity index (χ0n) is 8.83. The number of sulfone groups is 1. The summed E-state index contributed by atoms with van der Waals surface area (Å²) >= 11 is 6.48. The summed E-state index contributed by atoms with van der Waals surface area (Å²) in [5.41, 5.74) is 6.41. The zero-order valence-corrected chi connectivity index (χ0v) is 12.8. The number of hydrogen-bond acceptors (Lipinski definition) is 4. The second kappa shape index (κ2) is 5.36. The molecule has 0 radical (unpaired) electrons. The Labute approximate surface area is 116 Å². The summed E-state index contributed by atoms with van der Waals surface area (Å²) in [6, 6.07) is 3.31. The Morgan fingerprint density at radius 1 is 1.41 bits per heavy atom. The van der Waals surface area contributed by atoms with Crippen LogP contribution in [0.1, 0.15) is 0 Å². The van der Waals surface area contributed by atoms with E-state index >= 15 is 0 Å². The first kappa shape index (κ1) is 14.5. The van der Waals surface area contributed by atoms with Gasteiger partial charge in [-0.25, -0.2) is 8.42 Å². The van der Waals surface area contributed by atoms with Crippen molar-refractivity contribution in [3.63, 3.8) is 0 Å². The van der Waals surface area contributed by atoms with Gasteiger partial charge in [-0.05, 0) is 28.1 Å². The molecule has 17 heavy (non-hydrogen) atoms. The van der Waals surface area contributed by atoms with Gasteiger partial charge in [0.15, 0.2) is 9.84 Å². The number of halogens is 2. The van der Waals surface area contributed by atoms with Crippen molar-refractivity contribution in [3.05, 3.63) is 21.1 Å². The standard InChI is InChI=1S/C9H10Br2N2O3S/c1-17(15,16)4-8(14)13-9-6(11)2-5(10)3-7(9)12/h2-3H,4,12H2,1H3,(H,13,14). The molecule has 1 aromatic rings. The number of hydrogen-bond donors (Lipinski definition) is 2. The zero-order chi connectivity index (χ0) is 13.2. The van der Waals surface area contributed by atoms with Gasteiger partial charge in [-0.2, -0.15) is 0 Å². The van der Waals surface area contributed by atoms with Gasteiger partial charge >= 0.3 is 0 Å². The number of anilines is 2. The van der Waals surface area contributed by atoms with Crippen LogP contribution in [0.15, 0.2) is 21.1 Å². The molecule has 5 nitrogen and oxygen atoms in total. The molecule has 0 heterocycles. The first-order chi connectivity index (χ1) is 7.69. The van der Waals surface area contributed by atoms with Crippen molar-refractivity contribution in [2.45, 2.75) is 0 Å². The second-order valence-corrected chi connectivity index (χ2v) is 7.38. The van der Waals surface area contributed by atoms with E-state index in [0.717, 1.165) is 10.7 Å². The van der Waals surface area contributed by atoms with Crippen molar-refractivity contribution in [1.82, 2.24) is 0 Å². The summed E-state index contributed by atoms with van der Waals surface area (Å²) in [5.74, 6) is -1.20. The van der Waals surface area contributed by atoms with E-state index in [1.807, 2.05) is 0 Å². The Morgan fingerprint density at radius 2 is 2.00 bits per heavy atom. The monoisotopic (exact) mass is 384 g/mol. The topological polar surface area (TPSA) is 89.3 Å². The van der Waals surface area contributed by atoms with Crippen molar-refractivity contribution in [2.24, 2.45) is 0 Å². The number of rotatable bonds is 3. The van der Waals surface area contributed by atoms with Crippen molar-refractivity contribution >= 4 is 59.0 Å². The molecule has 0 aliphatic heterocycles. The van der Waals surface area contributed by atoms with Crippen LogP contribution in [0.3, 0.4) is 0 Å². The van der Waals surface area contributed by atoms with Gasteiger partial charge in [0.1, 0.15) is 5.75 Å². The molecular weight excluding hydrogens is 376 g/mol. The highest BCUT2D eigenvalue weighted by Crippen LogP contribution is 2.32. The lowest BCUT2D eigenvalue weighted by Gasteiger charge is -2.10. The Kier molecular flexibility index (Phi) is 4.56. The molecule has 0 aliphatic carbocycles. The van der Waals surface area contributed by atoms with Gasteiger partial charge < -0.3 is 11.1 Å². The molecule has 1 rings (SSSR count). The van der Waals surface area contributed by atoms with Crippen molar-refractivity contribution in [3.8, 4) is 0 Å². The Bertz CT molecular complexity index is 534. The summed E-state index contributed by atoms with van der Waals surface area (Å²) in [5, 5.41) is 2.45. The SMILES string of the molecule is CS(=O)(=O)CC(=O)Nc1c(N)cc(Br)cc1Br. The third kappa shape index (κ3) is 4.64. The molecule has 1 aromatic carbocycles. The highest BCUT2D eigenvalue weighted by atomic mass is 79.9. The molecule has 0 spiro atoms. The number of nitrogens with one attached hydrogen (secondary N) is 1. The molecule has 8 heteroatoms. The van der Waals surface area contributed by atoms with Gasteiger partial charge in [0, 0.05) is 15.2 Å². The van der Waals surface area contributed by atoms with E-state index in [-0.39, 0.29) is 0 Å². The third-order valence-electron chi connectivity index (χ3n) is 1.74. The van der Waals surface area contributed by atoms with Gasteiger partial charge in [-0.3, -0.25) is 4.79 Å². The number of nitrogen functional groups attached to an aromatic ring is 1. The molecule has 0 saturated heterocycles. The average molecular weight is 386 g/mol. The number of carbonyl (C=O) groups excluding carboxylic acids is 1. The second-order valence-electron chi connectivity index (χ2n) is 3.47. The lowest BCUT2D eigenvalue weighted by atomic mass is 10.2. The highest BCUT2D eigenvalue weighted by Gasteiger charge is 2.14. The first-order valence-corrected chi connectivity index (χ1v) is 8.06. The average Bonchev–Trinajstić information content (AvgIpc) is 2.08. The van der Waals surface area contributed by atoms with Gasteiger partial charge in [-0.15, -0.1) is 0 Å². The van der Waals surface area contributed by atoms with Crippen molar-refractivity contribution in [1.29, 1.82) is 0 Å². The summed E-state index contributed by atoms with van der Waals surface area (Å²) < 4.78 is 23.2. The molecule has 0 aliphatic rings. The molecule has 0 unspecified atom stereocenters. The van der Waals surface area contributed by atoms with E-state index in [2.05, 4.69) is 37.2 Å².